The predicted molar refractivity (Wildman–Crippen MR) is 106 cm³/mol. The minimum Gasteiger partial charge on any atom is -0.378 e. The molecule has 150 valence electrons. The molecule has 1 fully saturated rings. The van der Waals surface area contributed by atoms with Crippen molar-refractivity contribution in [2.75, 3.05) is 6.61 Å². The van der Waals surface area contributed by atoms with E-state index in [1.165, 1.54) is 38.0 Å². The summed E-state index contributed by atoms with van der Waals surface area (Å²) >= 11 is 0. The average molecular weight is 380 g/mol. The van der Waals surface area contributed by atoms with E-state index in [1.807, 2.05) is 13.0 Å². The van der Waals surface area contributed by atoms with Crippen LogP contribution in [-0.2, 0) is 4.74 Å². The lowest BCUT2D eigenvalue weighted by Gasteiger charge is -2.23. The first-order valence-corrected chi connectivity index (χ1v) is 9.36. The molecule has 0 aliphatic carbocycles. The maximum atomic E-state index is 12.6. The van der Waals surface area contributed by atoms with Crippen molar-refractivity contribution in [1.82, 2.24) is 0 Å². The quantitative estimate of drug-likeness (QED) is 0.486. The van der Waals surface area contributed by atoms with Gasteiger partial charge in [0, 0.05) is 12.2 Å². The Bertz CT molecular complexity index is 687. The van der Waals surface area contributed by atoms with E-state index in [9.17, 15) is 13.2 Å². The molecule has 1 aliphatic rings. The van der Waals surface area contributed by atoms with Crippen LogP contribution in [0.25, 0.3) is 0 Å². The van der Waals surface area contributed by atoms with Crippen molar-refractivity contribution < 1.29 is 17.9 Å². The number of hydrogen-bond acceptors (Lipinski definition) is 1. The Morgan fingerprint density at radius 2 is 1.33 bits per heavy atom. The molecule has 1 nitrogen and oxygen atoms in total. The van der Waals surface area contributed by atoms with Crippen molar-refractivity contribution in [3.8, 4) is 0 Å². The van der Waals surface area contributed by atoms with Crippen LogP contribution in [0.3, 0.4) is 0 Å². The van der Waals surface area contributed by atoms with Gasteiger partial charge in [0.1, 0.15) is 17.5 Å². The number of halogens is 3. The molecule has 1 aliphatic heterocycles. The van der Waals surface area contributed by atoms with Crippen molar-refractivity contribution >= 4 is 0 Å². The molecule has 3 rings (SSSR count). The molecule has 0 N–H and O–H groups in total. The minimum absolute atomic E-state index is 0.0885. The van der Waals surface area contributed by atoms with Gasteiger partial charge in [-0.1, -0.05) is 19.1 Å². The highest BCUT2D eigenvalue weighted by Crippen LogP contribution is 2.17. The van der Waals surface area contributed by atoms with E-state index in [1.54, 1.807) is 19.9 Å². The van der Waals surface area contributed by atoms with Crippen molar-refractivity contribution in [1.29, 1.82) is 0 Å². The summed E-state index contributed by atoms with van der Waals surface area (Å²) in [5, 5.41) is 0. The lowest BCUT2D eigenvalue weighted by Crippen LogP contribution is -2.21. The fourth-order valence-electron chi connectivity index (χ4n) is 2.48. The van der Waals surface area contributed by atoms with Crippen molar-refractivity contribution in [3.63, 3.8) is 0 Å². The standard InChI is InChI=1S/C8H8F2.C8H9F.C7H14O/c1-5-3-7(9)6(2)8(10)4-5;1-6-3-4-7(2)8(9)5-6;1-6-3-4-7(2)8-5-6/h3-4H,1-2H3;3-5H,1-2H3;6-7H,3-5H2,1-2H3. The fraction of sp³-hybridized carbons (Fsp3) is 0.478. The molecule has 0 aromatic heterocycles. The van der Waals surface area contributed by atoms with Gasteiger partial charge in [-0.2, -0.15) is 0 Å². The summed E-state index contributed by atoms with van der Waals surface area (Å²) in [7, 11) is 0. The summed E-state index contributed by atoms with van der Waals surface area (Å²) in [6.07, 6.45) is 3.12. The van der Waals surface area contributed by atoms with E-state index in [0.29, 0.717) is 17.2 Å². The van der Waals surface area contributed by atoms with E-state index >= 15 is 0 Å². The van der Waals surface area contributed by atoms with Gasteiger partial charge in [-0.3, -0.25) is 0 Å². The predicted octanol–water partition coefficient (Wildman–Crippen LogP) is 6.85. The molecule has 2 aromatic rings. The highest BCUT2D eigenvalue weighted by atomic mass is 19.1. The van der Waals surface area contributed by atoms with Crippen LogP contribution >= 0.6 is 0 Å². The lowest BCUT2D eigenvalue weighted by molar-refractivity contribution is 0.000267. The topological polar surface area (TPSA) is 9.23 Å². The first kappa shape index (κ1) is 23.2. The molecular weight excluding hydrogens is 349 g/mol. The van der Waals surface area contributed by atoms with Crippen LogP contribution in [0.5, 0.6) is 0 Å². The molecule has 0 amide bonds. The molecule has 2 atom stereocenters. The second-order valence-electron chi connectivity index (χ2n) is 7.43. The van der Waals surface area contributed by atoms with E-state index in [4.69, 9.17) is 4.74 Å². The third-order valence-electron chi connectivity index (χ3n) is 4.48. The summed E-state index contributed by atoms with van der Waals surface area (Å²) in [6, 6.07) is 7.86. The molecule has 2 aromatic carbocycles. The van der Waals surface area contributed by atoms with Crippen LogP contribution < -0.4 is 0 Å². The van der Waals surface area contributed by atoms with Gasteiger partial charge in [0.2, 0.25) is 0 Å². The van der Waals surface area contributed by atoms with Crippen LogP contribution in [0.15, 0.2) is 30.3 Å². The van der Waals surface area contributed by atoms with Crippen LogP contribution in [0.4, 0.5) is 13.2 Å². The van der Waals surface area contributed by atoms with Gasteiger partial charge in [0.05, 0.1) is 6.10 Å². The molecule has 1 heterocycles. The second kappa shape index (κ2) is 11.1. The Labute approximate surface area is 161 Å². The Hall–Kier alpha value is -1.81. The van der Waals surface area contributed by atoms with Gasteiger partial charge in [0.15, 0.2) is 0 Å². The molecule has 2 unspecified atom stereocenters. The smallest absolute Gasteiger partial charge is 0.129 e. The normalized spacial score (nSPS) is 18.7. The molecular formula is C23H31F3O. The number of rotatable bonds is 0. The molecule has 1 saturated heterocycles. The fourth-order valence-corrected chi connectivity index (χ4v) is 2.48. The zero-order chi connectivity index (χ0) is 20.6. The molecule has 0 bridgehead atoms. The monoisotopic (exact) mass is 380 g/mol. The first-order chi connectivity index (χ1) is 12.6. The lowest BCUT2D eigenvalue weighted by atomic mass is 10.0. The summed E-state index contributed by atoms with van der Waals surface area (Å²) < 4.78 is 43.2. The maximum absolute atomic E-state index is 12.6. The summed E-state index contributed by atoms with van der Waals surface area (Å²) in [4.78, 5) is 0. The summed E-state index contributed by atoms with van der Waals surface area (Å²) in [6.45, 7) is 12.1. The van der Waals surface area contributed by atoms with E-state index in [-0.39, 0.29) is 11.4 Å². The van der Waals surface area contributed by atoms with Gasteiger partial charge < -0.3 is 4.74 Å². The number of aryl methyl sites for hydroxylation is 3. The van der Waals surface area contributed by atoms with E-state index in [0.717, 1.165) is 18.1 Å². The highest BCUT2D eigenvalue weighted by Gasteiger charge is 2.13. The zero-order valence-corrected chi connectivity index (χ0v) is 17.2. The Morgan fingerprint density at radius 1 is 0.778 bits per heavy atom. The maximum Gasteiger partial charge on any atom is 0.129 e. The molecule has 0 spiro atoms. The number of hydrogen-bond donors (Lipinski definition) is 0. The molecule has 27 heavy (non-hydrogen) atoms. The molecule has 0 saturated carbocycles. The van der Waals surface area contributed by atoms with Crippen molar-refractivity contribution in [2.45, 2.75) is 60.5 Å². The van der Waals surface area contributed by atoms with Crippen LogP contribution in [0.2, 0.25) is 0 Å². The van der Waals surface area contributed by atoms with Gasteiger partial charge >= 0.3 is 0 Å². The Morgan fingerprint density at radius 3 is 1.74 bits per heavy atom. The van der Waals surface area contributed by atoms with Gasteiger partial charge in [0.25, 0.3) is 0 Å². The SMILES string of the molecule is CC1CCC(C)OC1.Cc1cc(F)c(C)c(F)c1.Cc1ccc(C)c(F)c1. The molecule has 4 heteroatoms. The highest BCUT2D eigenvalue weighted by molar-refractivity contribution is 5.24. The third kappa shape index (κ3) is 8.61. The largest absolute Gasteiger partial charge is 0.378 e. The summed E-state index contributed by atoms with van der Waals surface area (Å²) in [5.74, 6) is -0.267. The zero-order valence-electron chi connectivity index (χ0n) is 17.2. The van der Waals surface area contributed by atoms with Gasteiger partial charge in [-0.15, -0.1) is 0 Å². The van der Waals surface area contributed by atoms with Crippen LogP contribution in [0, 0.1) is 51.1 Å². The number of ether oxygens (including phenoxy) is 1. The third-order valence-corrected chi connectivity index (χ3v) is 4.48. The van der Waals surface area contributed by atoms with Crippen molar-refractivity contribution in [3.05, 3.63) is 70.0 Å². The van der Waals surface area contributed by atoms with E-state index in [2.05, 4.69) is 13.8 Å². The van der Waals surface area contributed by atoms with Gasteiger partial charge in [-0.05, 0) is 88.3 Å². The minimum atomic E-state index is -0.475. The molecule has 0 radical (unpaired) electrons. The van der Waals surface area contributed by atoms with E-state index < -0.39 is 11.6 Å². The second-order valence-corrected chi connectivity index (χ2v) is 7.43. The van der Waals surface area contributed by atoms with Gasteiger partial charge in [-0.25, -0.2) is 13.2 Å². The Balaban J connectivity index is 0.000000204. The van der Waals surface area contributed by atoms with Crippen molar-refractivity contribution in [2.24, 2.45) is 5.92 Å². The average Bonchev–Trinajstić information content (AvgIpc) is 2.60. The summed E-state index contributed by atoms with van der Waals surface area (Å²) in [5.41, 5.74) is 2.38. The van der Waals surface area contributed by atoms with Crippen LogP contribution in [-0.4, -0.2) is 12.7 Å². The first-order valence-electron chi connectivity index (χ1n) is 9.36. The number of benzene rings is 2. The Kier molecular flexibility index (Phi) is 9.57. The van der Waals surface area contributed by atoms with Crippen LogP contribution in [0.1, 0.15) is 48.9 Å².